The highest BCUT2D eigenvalue weighted by Gasteiger charge is 2.27. The zero-order chi connectivity index (χ0) is 15.5. The molecule has 0 aromatic heterocycles. The average molecular weight is 293 g/mol. The lowest BCUT2D eigenvalue weighted by molar-refractivity contribution is 0.0785. The number of hydrogen-bond donors (Lipinski definition) is 1. The summed E-state index contributed by atoms with van der Waals surface area (Å²) in [5.74, 6) is 1.59. The minimum atomic E-state index is -0.0198. The van der Waals surface area contributed by atoms with Gasteiger partial charge in [0.1, 0.15) is 0 Å². The quantitative estimate of drug-likeness (QED) is 0.875. The summed E-state index contributed by atoms with van der Waals surface area (Å²) >= 11 is 0. The molecule has 21 heavy (non-hydrogen) atoms. The summed E-state index contributed by atoms with van der Waals surface area (Å²) in [4.78, 5) is 2.42. The van der Waals surface area contributed by atoms with Gasteiger partial charge >= 0.3 is 0 Å². The molecule has 1 atom stereocenters. The molecule has 2 rings (SSSR count). The van der Waals surface area contributed by atoms with Crippen molar-refractivity contribution in [1.29, 1.82) is 0 Å². The lowest BCUT2D eigenvalue weighted by atomic mass is 9.87. The number of aliphatic hydroxyl groups excluding tert-OH is 1. The van der Waals surface area contributed by atoms with Gasteiger partial charge in [0.05, 0.1) is 14.2 Å². The summed E-state index contributed by atoms with van der Waals surface area (Å²) in [7, 11) is 3.35. The first-order valence-electron chi connectivity index (χ1n) is 7.62. The molecule has 1 aliphatic rings. The van der Waals surface area contributed by atoms with Gasteiger partial charge in [-0.3, -0.25) is 4.90 Å². The van der Waals surface area contributed by atoms with Crippen LogP contribution in [0.15, 0.2) is 12.1 Å². The fourth-order valence-corrected chi connectivity index (χ4v) is 2.89. The molecule has 1 N–H and O–H groups in total. The van der Waals surface area contributed by atoms with Crippen LogP contribution in [-0.4, -0.2) is 43.9 Å². The third-order valence-electron chi connectivity index (χ3n) is 4.64. The molecule has 1 aliphatic heterocycles. The van der Waals surface area contributed by atoms with E-state index in [4.69, 9.17) is 9.47 Å². The zero-order valence-electron chi connectivity index (χ0n) is 13.6. The Labute approximate surface area is 127 Å². The first kappa shape index (κ1) is 16.1. The Hall–Kier alpha value is -1.26. The third kappa shape index (κ3) is 3.50. The maximum absolute atomic E-state index is 9.60. The molecule has 1 aromatic rings. The van der Waals surface area contributed by atoms with Crippen LogP contribution < -0.4 is 9.47 Å². The van der Waals surface area contributed by atoms with E-state index >= 15 is 0 Å². The van der Waals surface area contributed by atoms with Crippen LogP contribution >= 0.6 is 0 Å². The normalized spacial score (nSPS) is 18.0. The van der Waals surface area contributed by atoms with Gasteiger partial charge in [-0.2, -0.15) is 0 Å². The van der Waals surface area contributed by atoms with Crippen LogP contribution in [0, 0.1) is 5.41 Å². The van der Waals surface area contributed by atoms with Crippen molar-refractivity contribution >= 4 is 0 Å². The standard InChI is InChI=1S/C17H27NO3/c1-5-17(2,12-19)11-18-7-6-13-8-15(20-3)16(21-4)9-14(13)10-18/h8-9,19H,5-7,10-12H2,1-4H3. The van der Waals surface area contributed by atoms with Crippen LogP contribution in [0.4, 0.5) is 0 Å². The van der Waals surface area contributed by atoms with Crippen LogP contribution in [-0.2, 0) is 13.0 Å². The van der Waals surface area contributed by atoms with E-state index in [2.05, 4.69) is 30.9 Å². The first-order valence-corrected chi connectivity index (χ1v) is 7.62. The van der Waals surface area contributed by atoms with Crippen LogP contribution in [0.1, 0.15) is 31.4 Å². The van der Waals surface area contributed by atoms with E-state index in [1.807, 2.05) is 0 Å². The van der Waals surface area contributed by atoms with Crippen molar-refractivity contribution in [2.24, 2.45) is 5.41 Å². The number of aliphatic hydroxyl groups is 1. The molecule has 118 valence electrons. The van der Waals surface area contributed by atoms with Gasteiger partial charge in [0, 0.05) is 31.7 Å². The smallest absolute Gasteiger partial charge is 0.161 e. The van der Waals surface area contributed by atoms with E-state index in [0.29, 0.717) is 0 Å². The predicted octanol–water partition coefficient (Wildman–Crippen LogP) is 2.47. The molecule has 4 heteroatoms. The highest BCUT2D eigenvalue weighted by Crippen LogP contribution is 2.34. The molecule has 0 spiro atoms. The van der Waals surface area contributed by atoms with Crippen molar-refractivity contribution in [3.8, 4) is 11.5 Å². The molecule has 1 unspecified atom stereocenters. The van der Waals surface area contributed by atoms with E-state index in [9.17, 15) is 5.11 Å². The van der Waals surface area contributed by atoms with Crippen LogP contribution in [0.2, 0.25) is 0 Å². The third-order valence-corrected chi connectivity index (χ3v) is 4.64. The Morgan fingerprint density at radius 3 is 2.33 bits per heavy atom. The number of hydrogen-bond acceptors (Lipinski definition) is 4. The van der Waals surface area contributed by atoms with E-state index in [1.54, 1.807) is 14.2 Å². The Morgan fingerprint density at radius 2 is 1.81 bits per heavy atom. The summed E-state index contributed by atoms with van der Waals surface area (Å²) in [5, 5.41) is 9.60. The summed E-state index contributed by atoms with van der Waals surface area (Å²) < 4.78 is 10.8. The van der Waals surface area contributed by atoms with Crippen LogP contribution in [0.5, 0.6) is 11.5 Å². The van der Waals surface area contributed by atoms with Crippen molar-refractivity contribution in [2.45, 2.75) is 33.2 Å². The molecule has 0 saturated heterocycles. The van der Waals surface area contributed by atoms with Gasteiger partial charge in [0.15, 0.2) is 11.5 Å². The predicted molar refractivity (Wildman–Crippen MR) is 84.0 cm³/mol. The fraction of sp³-hybridized carbons (Fsp3) is 0.647. The van der Waals surface area contributed by atoms with E-state index in [0.717, 1.165) is 44.0 Å². The number of nitrogens with zero attached hydrogens (tertiary/aromatic N) is 1. The van der Waals surface area contributed by atoms with Crippen molar-refractivity contribution in [3.05, 3.63) is 23.3 Å². The average Bonchev–Trinajstić information content (AvgIpc) is 2.53. The zero-order valence-corrected chi connectivity index (χ0v) is 13.6. The molecule has 0 aliphatic carbocycles. The van der Waals surface area contributed by atoms with Crippen molar-refractivity contribution < 1.29 is 14.6 Å². The number of ether oxygens (including phenoxy) is 2. The Kier molecular flexibility index (Phi) is 5.12. The minimum absolute atomic E-state index is 0.0198. The lowest BCUT2D eigenvalue weighted by Gasteiger charge is -2.36. The first-order chi connectivity index (χ1) is 10.0. The second-order valence-corrected chi connectivity index (χ2v) is 6.26. The molecule has 0 amide bonds. The van der Waals surface area contributed by atoms with E-state index in [1.165, 1.54) is 11.1 Å². The van der Waals surface area contributed by atoms with Gasteiger partial charge in [-0.05, 0) is 36.1 Å². The molecular weight excluding hydrogens is 266 g/mol. The van der Waals surface area contributed by atoms with Crippen molar-refractivity contribution in [2.75, 3.05) is 33.9 Å². The number of fused-ring (bicyclic) bond motifs is 1. The number of benzene rings is 1. The SMILES string of the molecule is CCC(C)(CO)CN1CCc2cc(OC)c(OC)cc2C1. The summed E-state index contributed by atoms with van der Waals surface area (Å²) in [6.45, 7) is 7.38. The monoisotopic (exact) mass is 293 g/mol. The molecule has 0 bridgehead atoms. The molecule has 0 radical (unpaired) electrons. The van der Waals surface area contributed by atoms with E-state index < -0.39 is 0 Å². The molecular formula is C17H27NO3. The van der Waals surface area contributed by atoms with Gasteiger partial charge in [0.2, 0.25) is 0 Å². The minimum Gasteiger partial charge on any atom is -0.493 e. The van der Waals surface area contributed by atoms with Gasteiger partial charge in [-0.15, -0.1) is 0 Å². The van der Waals surface area contributed by atoms with Crippen molar-refractivity contribution in [3.63, 3.8) is 0 Å². The highest BCUT2D eigenvalue weighted by molar-refractivity contribution is 5.48. The molecule has 0 fully saturated rings. The van der Waals surface area contributed by atoms with Crippen molar-refractivity contribution in [1.82, 2.24) is 4.90 Å². The molecule has 4 nitrogen and oxygen atoms in total. The highest BCUT2D eigenvalue weighted by atomic mass is 16.5. The Balaban J connectivity index is 2.16. The second kappa shape index (κ2) is 6.67. The summed E-state index contributed by atoms with van der Waals surface area (Å²) in [5.41, 5.74) is 2.62. The molecule has 0 saturated carbocycles. The lowest BCUT2D eigenvalue weighted by Crippen LogP contribution is -2.40. The largest absolute Gasteiger partial charge is 0.493 e. The van der Waals surface area contributed by atoms with Gasteiger partial charge < -0.3 is 14.6 Å². The number of rotatable bonds is 6. The summed E-state index contributed by atoms with van der Waals surface area (Å²) in [6, 6.07) is 4.18. The topological polar surface area (TPSA) is 41.9 Å². The molecule has 1 heterocycles. The Bertz CT molecular complexity index is 483. The fourth-order valence-electron chi connectivity index (χ4n) is 2.89. The second-order valence-electron chi connectivity index (χ2n) is 6.26. The van der Waals surface area contributed by atoms with Crippen LogP contribution in [0.3, 0.4) is 0 Å². The van der Waals surface area contributed by atoms with Gasteiger partial charge in [0.25, 0.3) is 0 Å². The van der Waals surface area contributed by atoms with Gasteiger partial charge in [-0.25, -0.2) is 0 Å². The van der Waals surface area contributed by atoms with Gasteiger partial charge in [-0.1, -0.05) is 13.8 Å². The maximum Gasteiger partial charge on any atom is 0.161 e. The number of methoxy groups -OCH3 is 2. The van der Waals surface area contributed by atoms with E-state index in [-0.39, 0.29) is 12.0 Å². The van der Waals surface area contributed by atoms with Crippen LogP contribution in [0.25, 0.3) is 0 Å². The summed E-state index contributed by atoms with van der Waals surface area (Å²) in [6.07, 6.45) is 2.00. The Morgan fingerprint density at radius 1 is 1.19 bits per heavy atom. The molecule has 1 aromatic carbocycles. The maximum atomic E-state index is 9.60.